The van der Waals surface area contributed by atoms with E-state index in [1.807, 2.05) is 0 Å². The molecule has 0 saturated carbocycles. The van der Waals surface area contributed by atoms with Gasteiger partial charge in [-0.15, -0.1) is 0 Å². The average Bonchev–Trinajstić information content (AvgIpc) is 1.38. The zero-order valence-corrected chi connectivity index (χ0v) is 5.11. The molecule has 0 rings (SSSR count). The molecule has 6 heavy (non-hydrogen) atoms. The monoisotopic (exact) mass is 231 g/mol. The van der Waals surface area contributed by atoms with Gasteiger partial charge in [-0.1, -0.05) is 6.58 Å². The number of hydrogen-bond acceptors (Lipinski definition) is 1. The van der Waals surface area contributed by atoms with E-state index in [0.29, 0.717) is 0 Å². The molecule has 0 aliphatic carbocycles. The zero-order chi connectivity index (χ0) is 4.28. The van der Waals surface area contributed by atoms with Crippen molar-refractivity contribution in [2.75, 3.05) is 0 Å². The van der Waals surface area contributed by atoms with Crippen molar-refractivity contribution in [1.29, 1.82) is 0 Å². The topological polar surface area (TPSA) is 37.3 Å². The normalized spacial score (nSPS) is 5.33. The van der Waals surface area contributed by atoms with Gasteiger partial charge >= 0.3 is 5.97 Å². The summed E-state index contributed by atoms with van der Waals surface area (Å²) in [5, 5.41) is 7.60. The molecule has 0 unspecified atom stereocenters. The number of carboxylic acids is 1. The minimum absolute atomic E-state index is 0. The molecule has 0 bridgehead atoms. The third-order valence-electron chi connectivity index (χ3n) is 0.175. The summed E-state index contributed by atoms with van der Waals surface area (Å²) < 4.78 is 0. The van der Waals surface area contributed by atoms with E-state index >= 15 is 0 Å². The number of rotatable bonds is 1. The third kappa shape index (κ3) is 8.82. The zero-order valence-electron chi connectivity index (χ0n) is 2.97. The quantitative estimate of drug-likeness (QED) is 0.657. The molecule has 0 atom stereocenters. The van der Waals surface area contributed by atoms with Gasteiger partial charge in [0.15, 0.2) is 0 Å². The van der Waals surface area contributed by atoms with Crippen LogP contribution in [0.15, 0.2) is 12.7 Å². The van der Waals surface area contributed by atoms with Crippen LogP contribution in [-0.2, 0) is 4.79 Å². The molecule has 37 valence electrons. The Balaban J connectivity index is 0. The molecule has 1 N–H and O–H groups in total. The van der Waals surface area contributed by atoms with E-state index in [-0.39, 0.29) is 38.6 Å². The molecule has 0 aromatic rings. The van der Waals surface area contributed by atoms with Crippen LogP contribution in [-0.4, -0.2) is 11.1 Å². The summed E-state index contributed by atoms with van der Waals surface area (Å²) in [5.74, 6) is -0.981. The van der Waals surface area contributed by atoms with Crippen molar-refractivity contribution in [3.63, 3.8) is 0 Å². The molecule has 0 saturated heterocycles. The molecular formula is C3H4O2Tb. The fraction of sp³-hybridized carbons (Fsp3) is 0. The Kier molecular flexibility index (Phi) is 8.89. The van der Waals surface area contributed by atoms with Crippen LogP contribution in [0.4, 0.5) is 0 Å². The van der Waals surface area contributed by atoms with E-state index in [1.54, 1.807) is 0 Å². The van der Waals surface area contributed by atoms with Gasteiger partial charge in [-0.05, 0) is 0 Å². The van der Waals surface area contributed by atoms with Gasteiger partial charge in [-0.25, -0.2) is 4.79 Å². The van der Waals surface area contributed by atoms with E-state index in [4.69, 9.17) is 5.11 Å². The first-order valence-electron chi connectivity index (χ1n) is 1.12. The minimum Gasteiger partial charge on any atom is -0.478 e. The van der Waals surface area contributed by atoms with Crippen LogP contribution in [0, 0.1) is 38.6 Å². The maximum Gasteiger partial charge on any atom is 0.327 e. The van der Waals surface area contributed by atoms with Crippen LogP contribution in [0.5, 0.6) is 0 Å². The second-order valence-electron chi connectivity index (χ2n) is 0.542. The van der Waals surface area contributed by atoms with E-state index in [9.17, 15) is 4.79 Å². The summed E-state index contributed by atoms with van der Waals surface area (Å²) in [6.45, 7) is 2.96. The molecule has 0 aromatic heterocycles. The summed E-state index contributed by atoms with van der Waals surface area (Å²) >= 11 is 0. The van der Waals surface area contributed by atoms with Crippen LogP contribution in [0.2, 0.25) is 0 Å². The molecule has 0 aromatic carbocycles. The first kappa shape index (κ1) is 9.71. The number of hydrogen-bond donors (Lipinski definition) is 1. The van der Waals surface area contributed by atoms with E-state index in [2.05, 4.69) is 6.58 Å². The summed E-state index contributed by atoms with van der Waals surface area (Å²) in [5.41, 5.74) is 0. The van der Waals surface area contributed by atoms with Crippen molar-refractivity contribution in [2.45, 2.75) is 0 Å². The molecule has 2 nitrogen and oxygen atoms in total. The fourth-order valence-corrected chi connectivity index (χ4v) is 0. The molecule has 0 fully saturated rings. The van der Waals surface area contributed by atoms with Crippen LogP contribution >= 0.6 is 0 Å². The first-order chi connectivity index (χ1) is 2.27. The van der Waals surface area contributed by atoms with E-state index in [0.717, 1.165) is 6.08 Å². The van der Waals surface area contributed by atoms with Crippen molar-refractivity contribution in [3.05, 3.63) is 12.7 Å². The van der Waals surface area contributed by atoms with Crippen molar-refractivity contribution in [1.82, 2.24) is 0 Å². The van der Waals surface area contributed by atoms with E-state index < -0.39 is 5.97 Å². The van der Waals surface area contributed by atoms with Crippen molar-refractivity contribution < 1.29 is 48.5 Å². The van der Waals surface area contributed by atoms with Crippen LogP contribution < -0.4 is 0 Å². The number of carboxylic acid groups (broad SMARTS) is 1. The van der Waals surface area contributed by atoms with Crippen molar-refractivity contribution >= 4 is 5.97 Å². The van der Waals surface area contributed by atoms with Gasteiger partial charge in [0, 0.05) is 44.7 Å². The Morgan fingerprint density at radius 2 is 2.00 bits per heavy atom. The SMILES string of the molecule is C=CC(=O)O.[Tb]. The third-order valence-corrected chi connectivity index (χ3v) is 0.175. The summed E-state index contributed by atoms with van der Waals surface area (Å²) in [7, 11) is 0. The average molecular weight is 231 g/mol. The van der Waals surface area contributed by atoms with Gasteiger partial charge in [0.1, 0.15) is 0 Å². The maximum absolute atomic E-state index is 9.25. The van der Waals surface area contributed by atoms with Crippen LogP contribution in [0.1, 0.15) is 0 Å². The molecule has 0 spiro atoms. The van der Waals surface area contributed by atoms with Gasteiger partial charge in [-0.2, -0.15) is 0 Å². The maximum atomic E-state index is 9.25. The molecule has 1 radical (unpaired) electrons. The molecule has 0 aliphatic heterocycles. The number of aliphatic carboxylic acids is 1. The van der Waals surface area contributed by atoms with Gasteiger partial charge in [-0.3, -0.25) is 0 Å². The van der Waals surface area contributed by atoms with Gasteiger partial charge in [0.05, 0.1) is 0 Å². The summed E-state index contributed by atoms with van der Waals surface area (Å²) in [6.07, 6.45) is 0.833. The van der Waals surface area contributed by atoms with E-state index in [1.165, 1.54) is 0 Å². The van der Waals surface area contributed by atoms with Gasteiger partial charge in [0.25, 0.3) is 0 Å². The summed E-state index contributed by atoms with van der Waals surface area (Å²) in [6, 6.07) is 0. The Morgan fingerprint density at radius 1 is 1.83 bits per heavy atom. The van der Waals surface area contributed by atoms with Gasteiger partial charge in [0.2, 0.25) is 0 Å². The second kappa shape index (κ2) is 5.50. The second-order valence-corrected chi connectivity index (χ2v) is 0.542. The fourth-order valence-electron chi connectivity index (χ4n) is 0. The summed E-state index contributed by atoms with van der Waals surface area (Å²) in [4.78, 5) is 9.25. The number of carbonyl (C=O) groups is 1. The molecule has 0 amide bonds. The Hall–Kier alpha value is 0.496. The molecule has 0 aliphatic rings. The first-order valence-corrected chi connectivity index (χ1v) is 1.12. The standard InChI is InChI=1S/C3H4O2.Tb/c1-2-3(4)5;/h2H,1H2,(H,4,5);. The predicted octanol–water partition coefficient (Wildman–Crippen LogP) is 0.257. The Labute approximate surface area is 66.7 Å². The Morgan fingerprint density at radius 3 is 2.00 bits per heavy atom. The molecule has 0 heterocycles. The molecule has 3 heteroatoms. The molecular weight excluding hydrogens is 227 g/mol. The largest absolute Gasteiger partial charge is 0.478 e. The van der Waals surface area contributed by atoms with Gasteiger partial charge < -0.3 is 5.11 Å². The predicted molar refractivity (Wildman–Crippen MR) is 17.8 cm³/mol. The van der Waals surface area contributed by atoms with Crippen molar-refractivity contribution in [3.8, 4) is 0 Å². The van der Waals surface area contributed by atoms with Crippen LogP contribution in [0.3, 0.4) is 0 Å². The van der Waals surface area contributed by atoms with Crippen molar-refractivity contribution in [2.24, 2.45) is 0 Å². The van der Waals surface area contributed by atoms with Crippen LogP contribution in [0.25, 0.3) is 0 Å². The minimum atomic E-state index is -0.981. The Bertz CT molecular complexity index is 59.8. The smallest absolute Gasteiger partial charge is 0.327 e.